The molecule has 6 nitrogen and oxygen atoms in total. The Morgan fingerprint density at radius 3 is 2.60 bits per heavy atom. The minimum absolute atomic E-state index is 0.0486. The van der Waals surface area contributed by atoms with Crippen LogP contribution in [0.4, 0.5) is 0 Å². The topological polar surface area (TPSA) is 90.4 Å². The maximum absolute atomic E-state index is 11.3. The lowest BCUT2D eigenvalue weighted by Gasteiger charge is -1.95. The number of aromatic hydroxyl groups is 1. The zero-order chi connectivity index (χ0) is 11.0. The third kappa shape index (κ3) is 1.50. The number of rotatable bonds is 1. The van der Waals surface area contributed by atoms with Gasteiger partial charge in [0.15, 0.2) is 0 Å². The second-order valence-electron chi connectivity index (χ2n) is 3.27. The molecular weight excluding hydrogens is 196 g/mol. The maximum Gasteiger partial charge on any atom is 0.273 e. The Balaban J connectivity index is 2.47. The monoisotopic (exact) mass is 206 g/mol. The first-order valence-corrected chi connectivity index (χ1v) is 4.40. The van der Waals surface area contributed by atoms with Crippen LogP contribution in [0.2, 0.25) is 0 Å². The van der Waals surface area contributed by atoms with E-state index in [4.69, 9.17) is 0 Å². The van der Waals surface area contributed by atoms with E-state index < -0.39 is 0 Å². The molecule has 1 aromatic rings. The Labute approximate surface area is 85.7 Å². The van der Waals surface area contributed by atoms with Crippen molar-refractivity contribution in [2.24, 2.45) is 5.10 Å². The van der Waals surface area contributed by atoms with Crippen LogP contribution < -0.4 is 5.43 Å². The number of hydrazone groups is 1. The van der Waals surface area contributed by atoms with Crippen LogP contribution in [-0.4, -0.2) is 26.9 Å². The minimum Gasteiger partial charge on any atom is -0.493 e. The number of aromatic nitrogens is 2. The highest BCUT2D eigenvalue weighted by molar-refractivity contribution is 6.26. The van der Waals surface area contributed by atoms with Crippen molar-refractivity contribution in [1.82, 2.24) is 15.6 Å². The molecule has 1 aliphatic rings. The predicted octanol–water partition coefficient (Wildman–Crippen LogP) is 0.313. The molecule has 15 heavy (non-hydrogen) atoms. The number of amides is 1. The molecule has 1 amide bonds. The molecular formula is C9H10N4O2. The van der Waals surface area contributed by atoms with E-state index in [1.54, 1.807) is 19.9 Å². The van der Waals surface area contributed by atoms with E-state index in [-0.39, 0.29) is 11.8 Å². The van der Waals surface area contributed by atoms with E-state index in [0.29, 0.717) is 22.5 Å². The molecule has 1 aliphatic heterocycles. The third-order valence-corrected chi connectivity index (χ3v) is 2.22. The molecule has 2 rings (SSSR count). The Hall–Kier alpha value is -2.11. The third-order valence-electron chi connectivity index (χ3n) is 2.22. The summed E-state index contributed by atoms with van der Waals surface area (Å²) >= 11 is 0. The first-order chi connectivity index (χ1) is 7.09. The second-order valence-corrected chi connectivity index (χ2v) is 3.27. The number of nitrogens with one attached hydrogen (secondary N) is 2. The van der Waals surface area contributed by atoms with Gasteiger partial charge in [-0.25, -0.2) is 10.5 Å². The van der Waals surface area contributed by atoms with E-state index in [9.17, 15) is 9.90 Å². The molecule has 0 saturated carbocycles. The average molecular weight is 206 g/mol. The van der Waals surface area contributed by atoms with E-state index in [2.05, 4.69) is 20.7 Å². The highest BCUT2D eigenvalue weighted by Crippen LogP contribution is 2.21. The number of aryl methyl sites for hydroxylation is 1. The lowest BCUT2D eigenvalue weighted by molar-refractivity contribution is -0.116. The number of hydrogen-bond donors (Lipinski definition) is 3. The van der Waals surface area contributed by atoms with E-state index in [0.717, 1.165) is 0 Å². The van der Waals surface area contributed by atoms with Crippen molar-refractivity contribution >= 4 is 17.7 Å². The molecule has 0 unspecified atom stereocenters. The van der Waals surface area contributed by atoms with Gasteiger partial charge in [-0.1, -0.05) is 0 Å². The zero-order valence-electron chi connectivity index (χ0n) is 8.33. The quantitative estimate of drug-likeness (QED) is 0.577. The Bertz CT molecular complexity index is 465. The minimum atomic E-state index is -0.271. The number of hydrogen-bond acceptors (Lipinski definition) is 4. The molecule has 3 N–H and O–H groups in total. The van der Waals surface area contributed by atoms with Crippen LogP contribution >= 0.6 is 0 Å². The highest BCUT2D eigenvalue weighted by atomic mass is 16.3. The van der Waals surface area contributed by atoms with Crippen LogP contribution in [0.3, 0.4) is 0 Å². The van der Waals surface area contributed by atoms with Gasteiger partial charge >= 0.3 is 0 Å². The first-order valence-electron chi connectivity index (χ1n) is 4.40. The van der Waals surface area contributed by atoms with Crippen molar-refractivity contribution in [3.63, 3.8) is 0 Å². The van der Waals surface area contributed by atoms with Crippen LogP contribution in [-0.2, 0) is 4.79 Å². The molecule has 1 aromatic heterocycles. The fraction of sp³-hybridized carbons (Fsp3) is 0.222. The van der Waals surface area contributed by atoms with Crippen LogP contribution in [0.15, 0.2) is 10.7 Å². The first kappa shape index (κ1) is 9.45. The molecule has 0 atom stereocenters. The lowest BCUT2D eigenvalue weighted by Crippen LogP contribution is -2.12. The molecule has 0 saturated heterocycles. The van der Waals surface area contributed by atoms with Crippen molar-refractivity contribution < 1.29 is 9.90 Å². The number of carbonyl (C=O) groups is 1. The molecule has 6 heteroatoms. The van der Waals surface area contributed by atoms with Crippen LogP contribution in [0.25, 0.3) is 6.08 Å². The summed E-state index contributed by atoms with van der Waals surface area (Å²) in [5.74, 6) is -0.319. The maximum atomic E-state index is 11.3. The zero-order valence-corrected chi connectivity index (χ0v) is 8.33. The molecule has 0 aromatic carbocycles. The van der Waals surface area contributed by atoms with Gasteiger partial charge in [0.25, 0.3) is 5.91 Å². The summed E-state index contributed by atoms with van der Waals surface area (Å²) in [6, 6.07) is 0. The van der Waals surface area contributed by atoms with Gasteiger partial charge in [0.05, 0.1) is 22.5 Å². The van der Waals surface area contributed by atoms with Gasteiger partial charge in [0, 0.05) is 0 Å². The smallest absolute Gasteiger partial charge is 0.273 e. The molecule has 0 fully saturated rings. The summed E-state index contributed by atoms with van der Waals surface area (Å²) in [7, 11) is 0. The Morgan fingerprint density at radius 2 is 2.13 bits per heavy atom. The van der Waals surface area contributed by atoms with Gasteiger partial charge < -0.3 is 5.11 Å². The number of nitrogens with zero attached hydrogens (tertiary/aromatic N) is 2. The van der Waals surface area contributed by atoms with Crippen molar-refractivity contribution in [2.75, 3.05) is 0 Å². The standard InChI is InChI=1S/C9H10N4O2/c1-4-6(8(14)12-10-4)3-7-5(2)11-13-9(7)15/h3H,1-2H3,(H,12,14)(H2,11,13,15). The summed E-state index contributed by atoms with van der Waals surface area (Å²) in [4.78, 5) is 11.3. The van der Waals surface area contributed by atoms with Gasteiger partial charge in [-0.15, -0.1) is 0 Å². The van der Waals surface area contributed by atoms with Crippen molar-refractivity contribution in [1.29, 1.82) is 0 Å². The van der Waals surface area contributed by atoms with Crippen LogP contribution in [0, 0.1) is 6.92 Å². The molecule has 78 valence electrons. The van der Waals surface area contributed by atoms with Crippen molar-refractivity contribution in [3.05, 3.63) is 16.8 Å². The summed E-state index contributed by atoms with van der Waals surface area (Å²) in [6.07, 6.45) is 1.56. The van der Waals surface area contributed by atoms with Crippen LogP contribution in [0.5, 0.6) is 5.88 Å². The van der Waals surface area contributed by atoms with Crippen LogP contribution in [0.1, 0.15) is 18.2 Å². The van der Waals surface area contributed by atoms with Gasteiger partial charge in [-0.3, -0.25) is 4.79 Å². The largest absolute Gasteiger partial charge is 0.493 e. The SMILES string of the molecule is CC1=NNC(=O)C1=Cc1c(C)n[nH]c1O. The number of carbonyl (C=O) groups excluding carboxylic acids is 1. The van der Waals surface area contributed by atoms with E-state index in [1.165, 1.54) is 0 Å². The Kier molecular flexibility index (Phi) is 2.03. The summed E-state index contributed by atoms with van der Waals surface area (Å²) < 4.78 is 0. The summed E-state index contributed by atoms with van der Waals surface area (Å²) in [5.41, 5.74) is 4.52. The molecule has 0 bridgehead atoms. The fourth-order valence-corrected chi connectivity index (χ4v) is 1.34. The van der Waals surface area contributed by atoms with Gasteiger partial charge in [0.2, 0.25) is 5.88 Å². The molecule has 0 spiro atoms. The molecule has 0 radical (unpaired) electrons. The van der Waals surface area contributed by atoms with E-state index >= 15 is 0 Å². The summed E-state index contributed by atoms with van der Waals surface area (Å²) in [6.45, 7) is 3.46. The Morgan fingerprint density at radius 1 is 1.40 bits per heavy atom. The second kappa shape index (κ2) is 3.23. The van der Waals surface area contributed by atoms with Gasteiger partial charge in [0.1, 0.15) is 0 Å². The highest BCUT2D eigenvalue weighted by Gasteiger charge is 2.20. The predicted molar refractivity (Wildman–Crippen MR) is 54.2 cm³/mol. The fourth-order valence-electron chi connectivity index (χ4n) is 1.34. The normalized spacial score (nSPS) is 18.1. The number of aromatic amines is 1. The average Bonchev–Trinajstić information content (AvgIpc) is 2.67. The van der Waals surface area contributed by atoms with Crippen molar-refractivity contribution in [2.45, 2.75) is 13.8 Å². The molecule has 2 heterocycles. The lowest BCUT2D eigenvalue weighted by atomic mass is 10.1. The van der Waals surface area contributed by atoms with Crippen molar-refractivity contribution in [3.8, 4) is 5.88 Å². The molecule has 0 aliphatic carbocycles. The summed E-state index contributed by atoms with van der Waals surface area (Å²) in [5, 5.41) is 19.5. The van der Waals surface area contributed by atoms with E-state index in [1.807, 2.05) is 0 Å². The number of H-pyrrole nitrogens is 1. The van der Waals surface area contributed by atoms with Gasteiger partial charge in [-0.05, 0) is 19.9 Å². The van der Waals surface area contributed by atoms with Gasteiger partial charge in [-0.2, -0.15) is 10.2 Å².